The van der Waals surface area contributed by atoms with E-state index in [1.54, 1.807) is 0 Å². The number of hydrogen-bond acceptors (Lipinski definition) is 0. The molecule has 0 unspecified atom stereocenters. The Bertz CT molecular complexity index is 298. The fourth-order valence-electron chi connectivity index (χ4n) is 2.38. The van der Waals surface area contributed by atoms with Gasteiger partial charge in [-0.05, 0) is 50.4 Å². The van der Waals surface area contributed by atoms with E-state index in [2.05, 4.69) is 64.2 Å². The van der Waals surface area contributed by atoms with Crippen molar-refractivity contribution in [3.8, 4) is 0 Å². The molecule has 0 fully saturated rings. The molecule has 0 aliphatic heterocycles. The van der Waals surface area contributed by atoms with Crippen molar-refractivity contribution in [3.63, 3.8) is 0 Å². The van der Waals surface area contributed by atoms with Crippen molar-refractivity contribution < 1.29 is 0 Å². The van der Waals surface area contributed by atoms with Gasteiger partial charge in [-0.15, -0.1) is 0 Å². The molecule has 0 aromatic rings. The van der Waals surface area contributed by atoms with Gasteiger partial charge in [0.05, 0.1) is 0 Å². The molecule has 0 saturated heterocycles. The van der Waals surface area contributed by atoms with E-state index in [9.17, 15) is 0 Å². The van der Waals surface area contributed by atoms with Crippen LogP contribution < -0.4 is 0 Å². The van der Waals surface area contributed by atoms with Gasteiger partial charge in [0.25, 0.3) is 0 Å². The second-order valence-electron chi connectivity index (χ2n) is 7.54. The molecule has 128 valence electrons. The predicted molar refractivity (Wildman–Crippen MR) is 103 cm³/mol. The van der Waals surface area contributed by atoms with Crippen molar-refractivity contribution in [1.82, 2.24) is 0 Å². The lowest BCUT2D eigenvalue weighted by molar-refractivity contribution is 0.358. The van der Waals surface area contributed by atoms with Crippen LogP contribution in [0.4, 0.5) is 0 Å². The molecule has 0 amide bonds. The van der Waals surface area contributed by atoms with E-state index in [1.807, 2.05) is 0 Å². The molecule has 0 spiro atoms. The maximum absolute atomic E-state index is 2.35. The molecule has 0 nitrogen and oxygen atoms in total. The Labute approximate surface area is 140 Å². The highest BCUT2D eigenvalue weighted by Crippen LogP contribution is 2.22. The summed E-state index contributed by atoms with van der Waals surface area (Å²) in [6.07, 6.45) is 28.0. The van der Waals surface area contributed by atoms with Crippen LogP contribution in [-0.4, -0.2) is 0 Å². The number of hydrogen-bond donors (Lipinski definition) is 0. The van der Waals surface area contributed by atoms with E-state index in [1.165, 1.54) is 57.8 Å². The molecule has 0 aliphatic rings. The predicted octanol–water partition coefficient (Wildman–Crippen LogP) is 8.01. The molecular weight excluding hydrogens is 264 g/mol. The van der Waals surface area contributed by atoms with Crippen molar-refractivity contribution in [1.29, 1.82) is 0 Å². The van der Waals surface area contributed by atoms with Crippen LogP contribution in [0.1, 0.15) is 98.3 Å². The maximum atomic E-state index is 2.35. The molecule has 0 heterocycles. The third-order valence-electron chi connectivity index (χ3n) is 3.82. The van der Waals surface area contributed by atoms with Gasteiger partial charge in [-0.25, -0.2) is 0 Å². The first-order chi connectivity index (χ1) is 10.6. The molecule has 0 aromatic heterocycles. The molecule has 0 bridgehead atoms. The number of rotatable bonds is 13. The van der Waals surface area contributed by atoms with E-state index < -0.39 is 0 Å². The fraction of sp³-hybridized carbons (Fsp3) is 0.727. The molecular formula is C22H40. The molecule has 0 aliphatic carbocycles. The Morgan fingerprint density at radius 2 is 1.09 bits per heavy atom. The zero-order valence-electron chi connectivity index (χ0n) is 15.7. The van der Waals surface area contributed by atoms with Crippen LogP contribution in [0.3, 0.4) is 0 Å². The first-order valence-corrected chi connectivity index (χ1v) is 9.51. The molecule has 0 aromatic carbocycles. The first kappa shape index (κ1) is 21.2. The minimum Gasteiger partial charge on any atom is -0.0882 e. The normalized spacial score (nSPS) is 13.1. The van der Waals surface area contributed by atoms with Crippen molar-refractivity contribution in [2.45, 2.75) is 98.3 Å². The van der Waals surface area contributed by atoms with E-state index in [0.29, 0.717) is 5.41 Å². The summed E-state index contributed by atoms with van der Waals surface area (Å²) in [6, 6.07) is 0. The number of allylic oxidation sites excluding steroid dienone is 6. The third kappa shape index (κ3) is 19.2. The molecule has 0 radical (unpaired) electrons. The zero-order valence-corrected chi connectivity index (χ0v) is 15.7. The van der Waals surface area contributed by atoms with Crippen LogP contribution in [0.25, 0.3) is 0 Å². The zero-order chi connectivity index (χ0) is 16.5. The summed E-state index contributed by atoms with van der Waals surface area (Å²) in [7, 11) is 0. The maximum Gasteiger partial charge on any atom is -0.0169 e. The van der Waals surface area contributed by atoms with E-state index >= 15 is 0 Å². The van der Waals surface area contributed by atoms with Crippen LogP contribution in [0.5, 0.6) is 0 Å². The highest BCUT2D eigenvalue weighted by Gasteiger charge is 2.08. The summed E-state index contributed by atoms with van der Waals surface area (Å²) in [5.74, 6) is 0. The van der Waals surface area contributed by atoms with Gasteiger partial charge < -0.3 is 0 Å². The van der Waals surface area contributed by atoms with Gasteiger partial charge >= 0.3 is 0 Å². The van der Waals surface area contributed by atoms with Gasteiger partial charge in [-0.2, -0.15) is 0 Å². The minimum atomic E-state index is 0.505. The highest BCUT2D eigenvalue weighted by atomic mass is 14.1. The highest BCUT2D eigenvalue weighted by molar-refractivity contribution is 4.97. The summed E-state index contributed by atoms with van der Waals surface area (Å²) in [5, 5.41) is 0. The van der Waals surface area contributed by atoms with Gasteiger partial charge in [0.2, 0.25) is 0 Å². The molecule has 0 saturated carbocycles. The van der Waals surface area contributed by atoms with E-state index in [-0.39, 0.29) is 0 Å². The lowest BCUT2D eigenvalue weighted by Crippen LogP contribution is -2.03. The Hall–Kier alpha value is -0.780. The van der Waals surface area contributed by atoms with Gasteiger partial charge in [-0.3, -0.25) is 0 Å². The largest absolute Gasteiger partial charge is 0.0882 e. The second-order valence-corrected chi connectivity index (χ2v) is 7.54. The standard InChI is InChI=1S/C22H40/c1-5-6-7-8-9-10-11-12-13-14-15-16-17-18-19-20-21-22(2,3)4/h9-10,12-13,15-16H,5-8,11,14,17-21H2,1-4H3/b10-9-,13-12-,16-15+. The summed E-state index contributed by atoms with van der Waals surface area (Å²) in [5.41, 5.74) is 0.505. The molecule has 0 heteroatoms. The Balaban J connectivity index is 3.34. The van der Waals surface area contributed by atoms with E-state index in [4.69, 9.17) is 0 Å². The Morgan fingerprint density at radius 1 is 0.591 bits per heavy atom. The van der Waals surface area contributed by atoms with Gasteiger partial charge in [0.15, 0.2) is 0 Å². The van der Waals surface area contributed by atoms with Crippen molar-refractivity contribution in [3.05, 3.63) is 36.5 Å². The Morgan fingerprint density at radius 3 is 1.59 bits per heavy atom. The fourth-order valence-corrected chi connectivity index (χ4v) is 2.38. The van der Waals surface area contributed by atoms with Crippen LogP contribution in [0.2, 0.25) is 0 Å². The summed E-state index contributed by atoms with van der Waals surface area (Å²) < 4.78 is 0. The van der Waals surface area contributed by atoms with E-state index in [0.717, 1.165) is 12.8 Å². The van der Waals surface area contributed by atoms with Gasteiger partial charge in [0.1, 0.15) is 0 Å². The Kier molecular flexibility index (Phi) is 14.6. The monoisotopic (exact) mass is 304 g/mol. The van der Waals surface area contributed by atoms with Gasteiger partial charge in [0, 0.05) is 0 Å². The quantitative estimate of drug-likeness (QED) is 0.239. The smallest absolute Gasteiger partial charge is 0.0169 e. The minimum absolute atomic E-state index is 0.505. The van der Waals surface area contributed by atoms with Gasteiger partial charge in [-0.1, -0.05) is 89.8 Å². The second kappa shape index (κ2) is 15.1. The summed E-state index contributed by atoms with van der Waals surface area (Å²) in [4.78, 5) is 0. The summed E-state index contributed by atoms with van der Waals surface area (Å²) in [6.45, 7) is 9.25. The molecule has 0 rings (SSSR count). The van der Waals surface area contributed by atoms with Crippen molar-refractivity contribution in [2.75, 3.05) is 0 Å². The SMILES string of the molecule is CCCCC/C=C\C/C=C\C/C=C/CCCCCC(C)(C)C. The molecule has 0 N–H and O–H groups in total. The van der Waals surface area contributed by atoms with Crippen LogP contribution in [-0.2, 0) is 0 Å². The molecule has 0 atom stereocenters. The topological polar surface area (TPSA) is 0 Å². The van der Waals surface area contributed by atoms with Crippen LogP contribution >= 0.6 is 0 Å². The van der Waals surface area contributed by atoms with Crippen molar-refractivity contribution >= 4 is 0 Å². The average Bonchev–Trinajstić information content (AvgIpc) is 2.45. The van der Waals surface area contributed by atoms with Crippen LogP contribution in [0, 0.1) is 5.41 Å². The third-order valence-corrected chi connectivity index (χ3v) is 3.82. The van der Waals surface area contributed by atoms with Crippen molar-refractivity contribution in [2.24, 2.45) is 5.41 Å². The molecule has 22 heavy (non-hydrogen) atoms. The van der Waals surface area contributed by atoms with Crippen LogP contribution in [0.15, 0.2) is 36.5 Å². The average molecular weight is 305 g/mol. The number of unbranched alkanes of at least 4 members (excludes halogenated alkanes) is 6. The first-order valence-electron chi connectivity index (χ1n) is 9.51. The summed E-state index contributed by atoms with van der Waals surface area (Å²) >= 11 is 0. The lowest BCUT2D eigenvalue weighted by atomic mass is 9.89. The lowest BCUT2D eigenvalue weighted by Gasteiger charge is -2.17.